The van der Waals surface area contributed by atoms with Crippen LogP contribution < -0.4 is 10.6 Å². The van der Waals surface area contributed by atoms with E-state index in [1.165, 1.54) is 30.2 Å². The first-order chi connectivity index (χ1) is 17.4. The average molecular weight is 514 g/mol. The average Bonchev–Trinajstić information content (AvgIpc) is 3.26. The quantitative estimate of drug-likeness (QED) is 0.477. The van der Waals surface area contributed by atoms with E-state index >= 15 is 0 Å². The SMILES string of the molecule is NC(=C(COC1CC2CC[C@@H](C1)N2c1nc2c(F)cc(C(=O)O)cc2s1)C(=O)C1CC1)C1CCCC1. The Morgan fingerprint density at radius 3 is 2.42 bits per heavy atom. The molecule has 2 saturated heterocycles. The molecule has 7 nitrogen and oxygen atoms in total. The molecule has 2 aromatic rings. The highest BCUT2D eigenvalue weighted by Crippen LogP contribution is 2.44. The third kappa shape index (κ3) is 4.41. The number of carboxylic acid groups (broad SMARTS) is 1. The number of carboxylic acids is 1. The van der Waals surface area contributed by atoms with Gasteiger partial charge in [-0.1, -0.05) is 24.2 Å². The summed E-state index contributed by atoms with van der Waals surface area (Å²) in [7, 11) is 0. The summed E-state index contributed by atoms with van der Waals surface area (Å²) in [6.45, 7) is 0.298. The van der Waals surface area contributed by atoms with Crippen molar-refractivity contribution in [2.45, 2.75) is 82.4 Å². The molecule has 3 atom stereocenters. The Bertz CT molecular complexity index is 1220. The molecular weight excluding hydrogens is 481 g/mol. The van der Waals surface area contributed by atoms with Crippen LogP contribution in [0.25, 0.3) is 10.2 Å². The third-order valence-corrected chi connectivity index (χ3v) is 9.46. The van der Waals surface area contributed by atoms with Gasteiger partial charge in [0.1, 0.15) is 5.52 Å². The number of Topliss-reactive ketones (excluding diaryl/α,β-unsaturated/α-hetero) is 1. The van der Waals surface area contributed by atoms with Gasteiger partial charge in [0, 0.05) is 29.3 Å². The maximum atomic E-state index is 14.5. The van der Waals surface area contributed by atoms with Gasteiger partial charge in [-0.3, -0.25) is 4.79 Å². The van der Waals surface area contributed by atoms with Gasteiger partial charge in [-0.05, 0) is 69.4 Å². The lowest BCUT2D eigenvalue weighted by atomic mass is 9.95. The van der Waals surface area contributed by atoms with Crippen molar-refractivity contribution < 1.29 is 23.8 Å². The lowest BCUT2D eigenvalue weighted by molar-refractivity contribution is -0.117. The van der Waals surface area contributed by atoms with Crippen molar-refractivity contribution in [2.75, 3.05) is 11.5 Å². The predicted molar refractivity (Wildman–Crippen MR) is 136 cm³/mol. The fraction of sp³-hybridized carbons (Fsp3) is 0.593. The number of hydrogen-bond donors (Lipinski definition) is 2. The molecule has 0 radical (unpaired) electrons. The van der Waals surface area contributed by atoms with Crippen LogP contribution in [0.2, 0.25) is 0 Å². The first-order valence-corrected chi connectivity index (χ1v) is 14.0. The number of aromatic carboxylic acids is 1. The van der Waals surface area contributed by atoms with E-state index in [1.54, 1.807) is 0 Å². The summed E-state index contributed by atoms with van der Waals surface area (Å²) in [5.41, 5.74) is 8.20. The summed E-state index contributed by atoms with van der Waals surface area (Å²) in [4.78, 5) is 31.2. The van der Waals surface area contributed by atoms with Gasteiger partial charge in [-0.15, -0.1) is 0 Å². The maximum absolute atomic E-state index is 14.5. The van der Waals surface area contributed by atoms with Crippen LogP contribution in [0.3, 0.4) is 0 Å². The normalized spacial score (nSPS) is 27.0. The van der Waals surface area contributed by atoms with E-state index in [9.17, 15) is 19.1 Å². The number of piperidine rings is 1. The molecule has 2 saturated carbocycles. The van der Waals surface area contributed by atoms with Crippen molar-refractivity contribution in [1.82, 2.24) is 4.98 Å². The van der Waals surface area contributed by atoms with Gasteiger partial charge in [0.25, 0.3) is 0 Å². The Morgan fingerprint density at radius 2 is 1.78 bits per heavy atom. The van der Waals surface area contributed by atoms with Crippen molar-refractivity contribution in [1.29, 1.82) is 0 Å². The minimum Gasteiger partial charge on any atom is -0.478 e. The number of nitrogens with zero attached hydrogens (tertiary/aromatic N) is 2. The molecule has 3 heterocycles. The number of aromatic nitrogens is 1. The fourth-order valence-corrected chi connectivity index (χ4v) is 7.52. The minimum absolute atomic E-state index is 0.0434. The smallest absolute Gasteiger partial charge is 0.335 e. The van der Waals surface area contributed by atoms with Crippen molar-refractivity contribution in [3.05, 3.63) is 34.8 Å². The van der Waals surface area contributed by atoms with E-state index in [0.717, 1.165) is 73.8 Å². The number of thiazole rings is 1. The first-order valence-electron chi connectivity index (χ1n) is 13.1. The second-order valence-corrected chi connectivity index (χ2v) is 11.9. The van der Waals surface area contributed by atoms with Crippen molar-refractivity contribution in [2.24, 2.45) is 17.6 Å². The highest BCUT2D eigenvalue weighted by atomic mass is 32.1. The molecule has 0 spiro atoms. The topological polar surface area (TPSA) is 106 Å². The number of anilines is 1. The van der Waals surface area contributed by atoms with Gasteiger partial charge in [-0.2, -0.15) is 0 Å². The molecule has 1 aromatic carbocycles. The zero-order chi connectivity index (χ0) is 25.0. The van der Waals surface area contributed by atoms with E-state index in [1.807, 2.05) is 0 Å². The Morgan fingerprint density at radius 1 is 1.08 bits per heavy atom. The van der Waals surface area contributed by atoms with Crippen LogP contribution in [0.15, 0.2) is 23.4 Å². The van der Waals surface area contributed by atoms with Crippen LogP contribution in [0.1, 0.15) is 74.6 Å². The number of hydrogen-bond acceptors (Lipinski definition) is 7. The molecule has 2 bridgehead atoms. The van der Waals surface area contributed by atoms with E-state index in [4.69, 9.17) is 10.5 Å². The van der Waals surface area contributed by atoms with Gasteiger partial charge in [0.05, 0.1) is 23.0 Å². The molecule has 4 fully saturated rings. The summed E-state index contributed by atoms with van der Waals surface area (Å²) in [6.07, 6.45) is 10.1. The summed E-state index contributed by atoms with van der Waals surface area (Å²) in [6, 6.07) is 3.00. The highest BCUT2D eigenvalue weighted by molar-refractivity contribution is 7.22. The molecule has 4 aliphatic rings. The Labute approximate surface area is 213 Å². The lowest BCUT2D eigenvalue weighted by Gasteiger charge is -2.38. The molecule has 192 valence electrons. The number of ether oxygens (including phenoxy) is 1. The molecule has 2 aliphatic carbocycles. The number of ketones is 1. The van der Waals surface area contributed by atoms with E-state index in [-0.39, 0.29) is 41.0 Å². The lowest BCUT2D eigenvalue weighted by Crippen LogP contribution is -2.45. The first kappa shape index (κ1) is 23.9. The van der Waals surface area contributed by atoms with Crippen molar-refractivity contribution in [3.63, 3.8) is 0 Å². The number of nitrogens with two attached hydrogens (primary N) is 1. The molecule has 2 aliphatic heterocycles. The Balaban J connectivity index is 1.17. The number of benzene rings is 1. The Hall–Kier alpha value is -2.52. The molecule has 0 amide bonds. The molecule has 1 aromatic heterocycles. The summed E-state index contributed by atoms with van der Waals surface area (Å²) in [5.74, 6) is -1.12. The number of carbonyl (C=O) groups is 2. The number of halogens is 1. The number of rotatable bonds is 8. The number of carbonyl (C=O) groups excluding carboxylic acids is 1. The van der Waals surface area contributed by atoms with Crippen LogP contribution >= 0.6 is 11.3 Å². The molecule has 6 rings (SSSR count). The number of fused-ring (bicyclic) bond motifs is 3. The van der Waals surface area contributed by atoms with Crippen LogP contribution in [0.5, 0.6) is 0 Å². The van der Waals surface area contributed by atoms with Gasteiger partial charge in [-0.25, -0.2) is 14.2 Å². The predicted octanol–water partition coefficient (Wildman–Crippen LogP) is 5.03. The second-order valence-electron chi connectivity index (χ2n) is 10.9. The van der Waals surface area contributed by atoms with Gasteiger partial charge in [0.2, 0.25) is 0 Å². The van der Waals surface area contributed by atoms with E-state index < -0.39 is 11.8 Å². The third-order valence-electron chi connectivity index (χ3n) is 8.45. The molecular formula is C27H32FN3O4S. The summed E-state index contributed by atoms with van der Waals surface area (Å²) in [5, 5.41) is 10.0. The van der Waals surface area contributed by atoms with E-state index in [2.05, 4.69) is 9.88 Å². The fourth-order valence-electron chi connectivity index (χ4n) is 6.36. The zero-order valence-electron chi connectivity index (χ0n) is 20.2. The minimum atomic E-state index is -1.15. The van der Waals surface area contributed by atoms with Crippen LogP contribution in [-0.2, 0) is 9.53 Å². The molecule has 36 heavy (non-hydrogen) atoms. The second kappa shape index (κ2) is 9.41. The largest absolute Gasteiger partial charge is 0.478 e. The highest BCUT2D eigenvalue weighted by Gasteiger charge is 2.43. The van der Waals surface area contributed by atoms with Crippen LogP contribution in [0, 0.1) is 17.7 Å². The molecule has 2 unspecified atom stereocenters. The van der Waals surface area contributed by atoms with Gasteiger partial charge in [0.15, 0.2) is 16.7 Å². The van der Waals surface area contributed by atoms with Gasteiger partial charge >= 0.3 is 5.97 Å². The Kier molecular flexibility index (Phi) is 6.24. The maximum Gasteiger partial charge on any atom is 0.335 e. The molecule has 3 N–H and O–H groups in total. The van der Waals surface area contributed by atoms with Crippen molar-refractivity contribution >= 4 is 38.4 Å². The standard InChI is InChI=1S/C27H32FN3O4S/c28-21-9-16(26(33)34)10-22-24(21)30-27(36-22)31-17-7-8-18(31)12-19(11-17)35-13-20(25(32)15-5-6-15)23(29)14-3-1-2-4-14/h9-10,14-15,17-19H,1-8,11-13,29H2,(H,33,34)/t17-,18?,19?/m0/s1. The zero-order valence-corrected chi connectivity index (χ0v) is 21.1. The van der Waals surface area contributed by atoms with Crippen molar-refractivity contribution in [3.8, 4) is 0 Å². The monoisotopic (exact) mass is 513 g/mol. The summed E-state index contributed by atoms with van der Waals surface area (Å²) < 4.78 is 21.5. The number of allylic oxidation sites excluding steroid dienone is 1. The summed E-state index contributed by atoms with van der Waals surface area (Å²) >= 11 is 1.35. The van der Waals surface area contributed by atoms with Crippen LogP contribution in [-0.4, -0.2) is 46.6 Å². The van der Waals surface area contributed by atoms with Crippen LogP contribution in [0.4, 0.5) is 9.52 Å². The van der Waals surface area contributed by atoms with E-state index in [0.29, 0.717) is 17.2 Å². The van der Waals surface area contributed by atoms with Gasteiger partial charge < -0.3 is 20.5 Å². The molecule has 9 heteroatoms.